The second-order valence-corrected chi connectivity index (χ2v) is 7.52. The van der Waals surface area contributed by atoms with E-state index in [-0.39, 0.29) is 5.54 Å². The van der Waals surface area contributed by atoms with Gasteiger partial charge >= 0.3 is 0 Å². The molecular formula is C17H28N4OS. The van der Waals surface area contributed by atoms with Crippen molar-refractivity contribution in [3.63, 3.8) is 0 Å². The fourth-order valence-corrected chi connectivity index (χ4v) is 4.28. The van der Waals surface area contributed by atoms with Crippen molar-refractivity contribution in [1.29, 1.82) is 0 Å². The zero-order chi connectivity index (χ0) is 16.0. The predicted octanol–water partition coefficient (Wildman–Crippen LogP) is 1.84. The van der Waals surface area contributed by atoms with Crippen LogP contribution in [0.25, 0.3) is 0 Å². The Kier molecular flexibility index (Phi) is 5.91. The molecule has 3 rings (SSSR count). The lowest BCUT2D eigenvalue weighted by atomic mass is 9.88. The molecule has 23 heavy (non-hydrogen) atoms. The van der Waals surface area contributed by atoms with Crippen LogP contribution in [0, 0.1) is 0 Å². The van der Waals surface area contributed by atoms with E-state index < -0.39 is 0 Å². The molecule has 2 saturated heterocycles. The highest BCUT2D eigenvalue weighted by molar-refractivity contribution is 7.09. The molecule has 0 unspecified atom stereocenters. The number of hydrogen-bond donors (Lipinski definition) is 2. The van der Waals surface area contributed by atoms with E-state index in [1.54, 1.807) is 11.3 Å². The molecule has 128 valence electrons. The standard InChI is InChI=1S/C17H28N4OS/c18-16(19-8-5-15-4-3-13-23-15)20-14-17(6-11-22-12-7-17)21-9-1-2-10-21/h3-4,13H,1-2,5-12,14H2,(H3,18,19,20). The maximum atomic E-state index is 6.08. The van der Waals surface area contributed by atoms with Gasteiger partial charge in [-0.3, -0.25) is 9.89 Å². The van der Waals surface area contributed by atoms with Crippen molar-refractivity contribution in [2.24, 2.45) is 10.7 Å². The van der Waals surface area contributed by atoms with Crippen LogP contribution in [0.4, 0.5) is 0 Å². The molecule has 2 fully saturated rings. The Hall–Kier alpha value is -1.11. The molecule has 1 aromatic rings. The van der Waals surface area contributed by atoms with Gasteiger partial charge in [0, 0.05) is 30.2 Å². The van der Waals surface area contributed by atoms with Crippen molar-refractivity contribution in [1.82, 2.24) is 10.2 Å². The summed E-state index contributed by atoms with van der Waals surface area (Å²) in [6.07, 6.45) is 5.75. The summed E-state index contributed by atoms with van der Waals surface area (Å²) < 4.78 is 5.58. The first-order valence-corrected chi connectivity index (χ1v) is 9.55. The largest absolute Gasteiger partial charge is 0.381 e. The number of ether oxygens (including phenoxy) is 1. The minimum Gasteiger partial charge on any atom is -0.381 e. The Labute approximate surface area is 142 Å². The Morgan fingerprint density at radius 2 is 2.13 bits per heavy atom. The highest BCUT2D eigenvalue weighted by Gasteiger charge is 2.39. The first kappa shape index (κ1) is 16.7. The number of nitrogens with two attached hydrogens (primary N) is 1. The van der Waals surface area contributed by atoms with Crippen LogP contribution in [0.15, 0.2) is 22.5 Å². The van der Waals surface area contributed by atoms with Gasteiger partial charge in [-0.1, -0.05) is 6.07 Å². The fourth-order valence-electron chi connectivity index (χ4n) is 3.57. The summed E-state index contributed by atoms with van der Waals surface area (Å²) in [4.78, 5) is 8.67. The summed E-state index contributed by atoms with van der Waals surface area (Å²) >= 11 is 1.79. The molecule has 1 aromatic heterocycles. The lowest BCUT2D eigenvalue weighted by molar-refractivity contribution is -0.0138. The maximum Gasteiger partial charge on any atom is 0.188 e. The number of nitrogens with zero attached hydrogens (tertiary/aromatic N) is 2. The average Bonchev–Trinajstić information content (AvgIpc) is 3.28. The number of rotatable bonds is 6. The van der Waals surface area contributed by atoms with Crippen molar-refractivity contribution < 1.29 is 4.74 Å². The normalized spacial score (nSPS) is 22.3. The minimum atomic E-state index is 0.162. The molecule has 2 aliphatic heterocycles. The van der Waals surface area contributed by atoms with Gasteiger partial charge in [0.15, 0.2) is 5.96 Å². The van der Waals surface area contributed by atoms with E-state index in [1.807, 2.05) is 0 Å². The molecule has 2 aliphatic rings. The van der Waals surface area contributed by atoms with Gasteiger partial charge in [0.25, 0.3) is 0 Å². The monoisotopic (exact) mass is 336 g/mol. The van der Waals surface area contributed by atoms with Crippen LogP contribution in [-0.2, 0) is 11.2 Å². The first-order valence-electron chi connectivity index (χ1n) is 8.67. The molecule has 0 saturated carbocycles. The molecule has 3 N–H and O–H groups in total. The van der Waals surface area contributed by atoms with Gasteiger partial charge in [0.2, 0.25) is 0 Å². The summed E-state index contributed by atoms with van der Waals surface area (Å²) in [7, 11) is 0. The van der Waals surface area contributed by atoms with Gasteiger partial charge in [-0.25, -0.2) is 0 Å². The lowest BCUT2D eigenvalue weighted by Crippen LogP contribution is -2.53. The zero-order valence-corrected chi connectivity index (χ0v) is 14.6. The van der Waals surface area contributed by atoms with Crippen molar-refractivity contribution in [3.05, 3.63) is 22.4 Å². The van der Waals surface area contributed by atoms with Crippen LogP contribution in [-0.4, -0.2) is 55.8 Å². The van der Waals surface area contributed by atoms with Gasteiger partial charge in [-0.2, -0.15) is 0 Å². The third kappa shape index (κ3) is 4.46. The highest BCUT2D eigenvalue weighted by Crippen LogP contribution is 2.31. The van der Waals surface area contributed by atoms with E-state index in [4.69, 9.17) is 10.5 Å². The number of guanidine groups is 1. The molecule has 0 spiro atoms. The van der Waals surface area contributed by atoms with Crippen molar-refractivity contribution in [2.45, 2.75) is 37.6 Å². The molecule has 0 radical (unpaired) electrons. The molecule has 0 aliphatic carbocycles. The third-order valence-corrected chi connectivity index (χ3v) is 5.94. The average molecular weight is 337 g/mol. The van der Waals surface area contributed by atoms with Crippen LogP contribution in [0.1, 0.15) is 30.6 Å². The van der Waals surface area contributed by atoms with Gasteiger partial charge in [-0.05, 0) is 56.6 Å². The van der Waals surface area contributed by atoms with E-state index in [0.717, 1.165) is 45.6 Å². The smallest absolute Gasteiger partial charge is 0.188 e. The van der Waals surface area contributed by atoms with Crippen molar-refractivity contribution >= 4 is 17.3 Å². The maximum absolute atomic E-state index is 6.08. The summed E-state index contributed by atoms with van der Waals surface area (Å²) in [5.74, 6) is 0.576. The Balaban J connectivity index is 1.52. The van der Waals surface area contributed by atoms with Gasteiger partial charge in [-0.15, -0.1) is 11.3 Å². The fraction of sp³-hybridized carbons (Fsp3) is 0.706. The topological polar surface area (TPSA) is 62.9 Å². The van der Waals surface area contributed by atoms with E-state index >= 15 is 0 Å². The van der Waals surface area contributed by atoms with Gasteiger partial charge < -0.3 is 15.8 Å². The molecule has 0 bridgehead atoms. The summed E-state index contributed by atoms with van der Waals surface area (Å²) in [6.45, 7) is 5.71. The zero-order valence-electron chi connectivity index (χ0n) is 13.8. The number of hydrogen-bond acceptors (Lipinski definition) is 4. The first-order chi connectivity index (χ1) is 11.3. The quantitative estimate of drug-likeness (QED) is 0.615. The van der Waals surface area contributed by atoms with E-state index in [0.29, 0.717) is 5.96 Å². The number of likely N-dealkylation sites (tertiary alicyclic amines) is 1. The molecule has 6 heteroatoms. The molecular weight excluding hydrogens is 308 g/mol. The number of aliphatic imine (C=N–C) groups is 1. The van der Waals surface area contributed by atoms with Crippen molar-refractivity contribution in [2.75, 3.05) is 39.4 Å². The number of thiophene rings is 1. The Morgan fingerprint density at radius 1 is 1.35 bits per heavy atom. The SMILES string of the molecule is NC(=NCC1(N2CCCC2)CCOCC1)NCCc1cccs1. The molecule has 0 aromatic carbocycles. The lowest BCUT2D eigenvalue weighted by Gasteiger charge is -2.43. The molecule has 0 atom stereocenters. The predicted molar refractivity (Wildman–Crippen MR) is 96.1 cm³/mol. The second-order valence-electron chi connectivity index (χ2n) is 6.49. The van der Waals surface area contributed by atoms with Crippen LogP contribution in [0.5, 0.6) is 0 Å². The number of nitrogens with one attached hydrogen (secondary N) is 1. The highest BCUT2D eigenvalue weighted by atomic mass is 32.1. The molecule has 5 nitrogen and oxygen atoms in total. The Morgan fingerprint density at radius 3 is 2.83 bits per heavy atom. The van der Waals surface area contributed by atoms with Crippen LogP contribution in [0.3, 0.4) is 0 Å². The van der Waals surface area contributed by atoms with Crippen LogP contribution >= 0.6 is 11.3 Å². The summed E-state index contributed by atoms with van der Waals surface area (Å²) in [5.41, 5.74) is 6.24. The van der Waals surface area contributed by atoms with Gasteiger partial charge in [0.1, 0.15) is 0 Å². The summed E-state index contributed by atoms with van der Waals surface area (Å²) in [5, 5.41) is 5.36. The van der Waals surface area contributed by atoms with E-state index in [2.05, 4.69) is 32.7 Å². The Bertz CT molecular complexity index is 491. The van der Waals surface area contributed by atoms with E-state index in [9.17, 15) is 0 Å². The van der Waals surface area contributed by atoms with Crippen molar-refractivity contribution in [3.8, 4) is 0 Å². The minimum absolute atomic E-state index is 0.162. The van der Waals surface area contributed by atoms with Gasteiger partial charge in [0.05, 0.1) is 6.54 Å². The summed E-state index contributed by atoms with van der Waals surface area (Å²) in [6, 6.07) is 4.24. The van der Waals surface area contributed by atoms with Crippen LogP contribution in [0.2, 0.25) is 0 Å². The van der Waals surface area contributed by atoms with Crippen LogP contribution < -0.4 is 11.1 Å². The molecule has 0 amide bonds. The second kappa shape index (κ2) is 8.13. The molecule has 3 heterocycles. The third-order valence-electron chi connectivity index (χ3n) is 5.00. The van der Waals surface area contributed by atoms with E-state index in [1.165, 1.54) is 30.8 Å².